The predicted molar refractivity (Wildman–Crippen MR) is 90.1 cm³/mol. The lowest BCUT2D eigenvalue weighted by atomic mass is 10.1. The van der Waals surface area contributed by atoms with Gasteiger partial charge in [0.1, 0.15) is 23.2 Å². The Morgan fingerprint density at radius 2 is 1.48 bits per heavy atom. The molecule has 0 radical (unpaired) electrons. The number of carboxylic acids is 1. The van der Waals surface area contributed by atoms with Crippen LogP contribution in [0.5, 0.6) is 0 Å². The third kappa shape index (κ3) is 7.11. The number of carbonyl (C=O) groups excluding carboxylic acids is 2. The fraction of sp³-hybridized carbons (Fsp3) is 0.471. The molecule has 0 aliphatic rings. The highest BCUT2D eigenvalue weighted by Gasteiger charge is 2.19. The Hall–Kier alpha value is -2.77. The number of esters is 1. The average molecular weight is 352 g/mol. The standard InChI is InChI=1S/C10H16O4.C7H8N2O2/c1-5-13-8(4)9(7(3)11)10(12)14-6-2;1-4-6(7(10)11)5(2)9-3-8-4/h5-6H2,1-4H3;3H,1-2H3,(H,10,11)/b9-8-;. The molecular weight excluding hydrogens is 328 g/mol. The minimum atomic E-state index is -0.972. The van der Waals surface area contributed by atoms with E-state index in [9.17, 15) is 14.4 Å². The van der Waals surface area contributed by atoms with Crippen molar-refractivity contribution in [2.24, 2.45) is 0 Å². The van der Waals surface area contributed by atoms with Crippen LogP contribution in [0.1, 0.15) is 49.4 Å². The highest BCUT2D eigenvalue weighted by molar-refractivity contribution is 6.16. The maximum atomic E-state index is 11.3. The van der Waals surface area contributed by atoms with E-state index in [0.717, 1.165) is 0 Å². The van der Waals surface area contributed by atoms with Crippen LogP contribution in [0.2, 0.25) is 0 Å². The topological polar surface area (TPSA) is 116 Å². The van der Waals surface area contributed by atoms with Gasteiger partial charge in [0.05, 0.1) is 24.6 Å². The second kappa shape index (κ2) is 10.9. The number of carboxylic acid groups (broad SMARTS) is 1. The summed E-state index contributed by atoms with van der Waals surface area (Å²) in [5.74, 6) is -1.61. The zero-order valence-electron chi connectivity index (χ0n) is 15.4. The van der Waals surface area contributed by atoms with Crippen LogP contribution < -0.4 is 0 Å². The zero-order valence-corrected chi connectivity index (χ0v) is 15.4. The van der Waals surface area contributed by atoms with E-state index in [0.29, 0.717) is 23.8 Å². The molecule has 138 valence electrons. The van der Waals surface area contributed by atoms with Crippen LogP contribution in [-0.4, -0.2) is 46.0 Å². The highest BCUT2D eigenvalue weighted by Crippen LogP contribution is 2.09. The molecule has 0 unspecified atom stereocenters. The summed E-state index contributed by atoms with van der Waals surface area (Å²) in [6.45, 7) is 10.3. The Morgan fingerprint density at radius 3 is 1.80 bits per heavy atom. The smallest absolute Gasteiger partial charge is 0.345 e. The van der Waals surface area contributed by atoms with Gasteiger partial charge in [-0.1, -0.05) is 0 Å². The average Bonchev–Trinajstić information content (AvgIpc) is 2.47. The van der Waals surface area contributed by atoms with Gasteiger partial charge in [-0.3, -0.25) is 4.79 Å². The molecule has 1 rings (SSSR count). The number of hydrogen-bond acceptors (Lipinski definition) is 7. The monoisotopic (exact) mass is 352 g/mol. The predicted octanol–water partition coefficient (Wildman–Crippen LogP) is 2.24. The number of hydrogen-bond donors (Lipinski definition) is 1. The van der Waals surface area contributed by atoms with Gasteiger partial charge in [-0.25, -0.2) is 19.6 Å². The highest BCUT2D eigenvalue weighted by atomic mass is 16.5. The Bertz CT molecular complexity index is 647. The fourth-order valence-corrected chi connectivity index (χ4v) is 1.93. The molecule has 1 aromatic heterocycles. The van der Waals surface area contributed by atoms with Gasteiger partial charge >= 0.3 is 11.9 Å². The van der Waals surface area contributed by atoms with E-state index < -0.39 is 11.9 Å². The van der Waals surface area contributed by atoms with Crippen LogP contribution in [-0.2, 0) is 19.1 Å². The quantitative estimate of drug-likeness (QED) is 0.272. The van der Waals surface area contributed by atoms with Gasteiger partial charge in [0.25, 0.3) is 0 Å². The van der Waals surface area contributed by atoms with Gasteiger partial charge in [0.15, 0.2) is 5.78 Å². The molecule has 1 N–H and O–H groups in total. The summed E-state index contributed by atoms with van der Waals surface area (Å²) in [6.07, 6.45) is 1.36. The van der Waals surface area contributed by atoms with E-state index in [-0.39, 0.29) is 23.5 Å². The molecule has 0 fully saturated rings. The van der Waals surface area contributed by atoms with Crippen molar-refractivity contribution in [3.8, 4) is 0 Å². The fourth-order valence-electron chi connectivity index (χ4n) is 1.93. The summed E-state index contributed by atoms with van der Waals surface area (Å²) in [5.41, 5.74) is 1.20. The Labute approximate surface area is 146 Å². The van der Waals surface area contributed by atoms with Crippen molar-refractivity contribution in [2.75, 3.05) is 13.2 Å². The van der Waals surface area contributed by atoms with Gasteiger partial charge in [-0.05, 0) is 41.5 Å². The number of aromatic nitrogens is 2. The number of nitrogens with zero attached hydrogens (tertiary/aromatic N) is 2. The summed E-state index contributed by atoms with van der Waals surface area (Å²) in [6, 6.07) is 0. The van der Waals surface area contributed by atoms with Crippen LogP contribution in [0, 0.1) is 13.8 Å². The van der Waals surface area contributed by atoms with E-state index in [1.807, 2.05) is 0 Å². The molecule has 0 saturated heterocycles. The molecule has 0 amide bonds. The number of ether oxygens (including phenoxy) is 2. The number of rotatable bonds is 6. The summed E-state index contributed by atoms with van der Waals surface area (Å²) in [5, 5.41) is 8.67. The van der Waals surface area contributed by atoms with Crippen LogP contribution in [0.4, 0.5) is 0 Å². The molecule has 1 aromatic rings. The molecule has 0 aliphatic carbocycles. The van der Waals surface area contributed by atoms with Crippen molar-refractivity contribution < 1.29 is 29.0 Å². The Morgan fingerprint density at radius 1 is 1.00 bits per heavy atom. The number of aromatic carboxylic acids is 1. The zero-order chi connectivity index (χ0) is 19.6. The molecule has 0 atom stereocenters. The van der Waals surface area contributed by atoms with Gasteiger partial charge in [-0.2, -0.15) is 0 Å². The number of aryl methyl sites for hydroxylation is 2. The lowest BCUT2D eigenvalue weighted by molar-refractivity contribution is -0.140. The third-order valence-corrected chi connectivity index (χ3v) is 2.98. The van der Waals surface area contributed by atoms with E-state index >= 15 is 0 Å². The molecule has 1 heterocycles. The van der Waals surface area contributed by atoms with Crippen LogP contribution >= 0.6 is 0 Å². The first-order chi connectivity index (χ1) is 11.7. The van der Waals surface area contributed by atoms with Crippen molar-refractivity contribution in [3.05, 3.63) is 34.6 Å². The summed E-state index contributed by atoms with van der Waals surface area (Å²) < 4.78 is 9.83. The minimum Gasteiger partial charge on any atom is -0.497 e. The Balaban J connectivity index is 0.000000472. The second-order valence-electron chi connectivity index (χ2n) is 4.87. The number of Topliss-reactive ketones (excluding diaryl/α,β-unsaturated/α-hetero) is 1. The van der Waals surface area contributed by atoms with Crippen molar-refractivity contribution >= 4 is 17.7 Å². The van der Waals surface area contributed by atoms with Crippen LogP contribution in [0.3, 0.4) is 0 Å². The summed E-state index contributed by atoms with van der Waals surface area (Å²) >= 11 is 0. The van der Waals surface area contributed by atoms with E-state index in [2.05, 4.69) is 9.97 Å². The molecule has 0 saturated carbocycles. The third-order valence-electron chi connectivity index (χ3n) is 2.98. The summed E-state index contributed by atoms with van der Waals surface area (Å²) in [7, 11) is 0. The van der Waals surface area contributed by atoms with Gasteiger partial charge in [-0.15, -0.1) is 0 Å². The number of allylic oxidation sites excluding steroid dienone is 1. The molecule has 0 aromatic carbocycles. The van der Waals surface area contributed by atoms with Gasteiger partial charge < -0.3 is 14.6 Å². The van der Waals surface area contributed by atoms with Crippen LogP contribution in [0.25, 0.3) is 0 Å². The minimum absolute atomic E-state index is 0.00583. The molecule has 0 bridgehead atoms. The molecule has 25 heavy (non-hydrogen) atoms. The molecule has 8 nitrogen and oxygen atoms in total. The van der Waals surface area contributed by atoms with Crippen LogP contribution in [0.15, 0.2) is 17.7 Å². The van der Waals surface area contributed by atoms with Crippen molar-refractivity contribution in [1.82, 2.24) is 9.97 Å². The Kier molecular flexibility index (Phi) is 9.69. The number of ketones is 1. The van der Waals surface area contributed by atoms with E-state index in [1.54, 1.807) is 34.6 Å². The SMILES string of the molecule is CCOC(=O)/C(C(C)=O)=C(/C)OCC.Cc1ncnc(C)c1C(=O)O. The first-order valence-electron chi connectivity index (χ1n) is 7.70. The largest absolute Gasteiger partial charge is 0.497 e. The second-order valence-corrected chi connectivity index (χ2v) is 4.87. The lowest BCUT2D eigenvalue weighted by Crippen LogP contribution is -2.16. The molecule has 0 aliphatic heterocycles. The molecule has 0 spiro atoms. The normalized spacial score (nSPS) is 10.8. The maximum Gasteiger partial charge on any atom is 0.345 e. The van der Waals surface area contributed by atoms with Gasteiger partial charge in [0.2, 0.25) is 0 Å². The van der Waals surface area contributed by atoms with E-state index in [4.69, 9.17) is 14.6 Å². The van der Waals surface area contributed by atoms with Crippen molar-refractivity contribution in [3.63, 3.8) is 0 Å². The lowest BCUT2D eigenvalue weighted by Gasteiger charge is -2.08. The first-order valence-corrected chi connectivity index (χ1v) is 7.70. The first kappa shape index (κ1) is 22.2. The summed E-state index contributed by atoms with van der Waals surface area (Å²) in [4.78, 5) is 40.6. The van der Waals surface area contributed by atoms with Gasteiger partial charge in [0, 0.05) is 0 Å². The maximum absolute atomic E-state index is 11.3. The van der Waals surface area contributed by atoms with Crippen molar-refractivity contribution in [2.45, 2.75) is 41.5 Å². The molecule has 8 heteroatoms. The van der Waals surface area contributed by atoms with E-state index in [1.165, 1.54) is 13.3 Å². The number of carbonyl (C=O) groups is 3. The van der Waals surface area contributed by atoms with Crippen molar-refractivity contribution in [1.29, 1.82) is 0 Å². The molecular formula is C17H24N2O6.